The van der Waals surface area contributed by atoms with Gasteiger partial charge in [0.05, 0.1) is 0 Å². The molecule has 0 spiro atoms. The Hall–Kier alpha value is -0.490. The average Bonchev–Trinajstić information content (AvgIpc) is 1.99. The van der Waals surface area contributed by atoms with Gasteiger partial charge >= 0.3 is 26.2 Å². The van der Waals surface area contributed by atoms with E-state index in [1.807, 2.05) is 0 Å². The number of rotatable bonds is 4. The Morgan fingerprint density at radius 3 is 1.80 bits per heavy atom. The molecule has 0 bridgehead atoms. The summed E-state index contributed by atoms with van der Waals surface area (Å²) in [5.41, 5.74) is 0. The van der Waals surface area contributed by atoms with Crippen molar-refractivity contribution in [1.82, 2.24) is 0 Å². The van der Waals surface area contributed by atoms with Crippen LogP contribution >= 0.6 is 15.2 Å². The lowest BCUT2D eigenvalue weighted by Crippen LogP contribution is -2.31. The molecule has 0 amide bonds. The highest BCUT2D eigenvalue weighted by Gasteiger charge is 2.60. The van der Waals surface area contributed by atoms with Crippen LogP contribution in [0.2, 0.25) is 0 Å². The first-order valence-electron chi connectivity index (χ1n) is 3.42. The summed E-state index contributed by atoms with van der Waals surface area (Å²) >= 11 is 0. The van der Waals surface area contributed by atoms with E-state index in [0.29, 0.717) is 13.0 Å². The zero-order valence-corrected chi connectivity index (χ0v) is 9.39. The van der Waals surface area contributed by atoms with Gasteiger partial charge in [0.25, 0.3) is 0 Å². The quantitative estimate of drug-likeness (QED) is 0.308. The van der Waals surface area contributed by atoms with Gasteiger partial charge < -0.3 is 24.3 Å². The molecule has 4 N–H and O–H groups in total. The number of hydrogen-bond acceptors (Lipinski definition) is 4. The van der Waals surface area contributed by atoms with Gasteiger partial charge in [0.15, 0.2) is 0 Å². The first-order chi connectivity index (χ1) is 6.45. The lowest BCUT2D eigenvalue weighted by molar-refractivity contribution is -0.142. The third-order valence-corrected chi connectivity index (χ3v) is 5.45. The van der Waals surface area contributed by atoms with Crippen LogP contribution in [0.4, 0.5) is 0 Å². The minimum atomic E-state index is -5.33. The predicted molar refractivity (Wildman–Crippen MR) is 48.8 cm³/mol. The summed E-state index contributed by atoms with van der Waals surface area (Å²) in [5.74, 6) is -1.34. The first-order valence-corrected chi connectivity index (χ1v) is 6.65. The molecule has 0 radical (unpaired) electrons. The zero-order valence-electron chi connectivity index (χ0n) is 7.60. The molecule has 0 unspecified atom stereocenters. The Labute approximate surface area is 84.9 Å². The summed E-state index contributed by atoms with van der Waals surface area (Å²) < 4.78 is 25.7. The molecule has 10 heteroatoms. The van der Waals surface area contributed by atoms with E-state index in [0.717, 1.165) is 0 Å². The minimum absolute atomic E-state index is 0.454. The highest BCUT2D eigenvalue weighted by Crippen LogP contribution is 2.69. The van der Waals surface area contributed by atoms with Crippen molar-refractivity contribution < 1.29 is 38.2 Å². The maximum Gasteiger partial charge on any atom is 0.381 e. The fraction of sp³-hybridized carbons (Fsp3) is 0.400. The maximum atomic E-state index is 10.8. The highest BCUT2D eigenvalue weighted by atomic mass is 31.2. The monoisotopic (exact) mass is 260 g/mol. The molecule has 0 heterocycles. The number of ether oxygens (including phenoxy) is 1. The van der Waals surface area contributed by atoms with Gasteiger partial charge in [-0.3, -0.25) is 9.13 Å². The fourth-order valence-corrected chi connectivity index (χ4v) is 2.30. The molecule has 0 aliphatic rings. The maximum absolute atomic E-state index is 10.8. The lowest BCUT2D eigenvalue weighted by atomic mass is 10.6. The smallest absolute Gasteiger partial charge is 0.381 e. The van der Waals surface area contributed by atoms with Crippen molar-refractivity contribution in [2.45, 2.75) is 12.0 Å². The summed E-state index contributed by atoms with van der Waals surface area (Å²) in [6.45, 7) is 3.38. The third-order valence-electron chi connectivity index (χ3n) is 1.54. The molecule has 0 rings (SSSR count). The van der Waals surface area contributed by atoms with Crippen LogP contribution in [0.1, 0.15) is 6.92 Å². The van der Waals surface area contributed by atoms with Gasteiger partial charge in [-0.1, -0.05) is 6.58 Å². The molecule has 0 aliphatic carbocycles. The molecule has 88 valence electrons. The van der Waals surface area contributed by atoms with E-state index < -0.39 is 26.2 Å². The summed E-state index contributed by atoms with van der Waals surface area (Å²) in [6.07, 6.45) is 0.531. The largest absolute Gasteiger partial charge is 0.430 e. The molecule has 15 heavy (non-hydrogen) atoms. The van der Waals surface area contributed by atoms with Crippen LogP contribution < -0.4 is 0 Å². The Morgan fingerprint density at radius 1 is 1.27 bits per heavy atom. The second kappa shape index (κ2) is 4.17. The van der Waals surface area contributed by atoms with Gasteiger partial charge in [-0.15, -0.1) is 0 Å². The topological polar surface area (TPSA) is 141 Å². The summed E-state index contributed by atoms with van der Waals surface area (Å²) in [7, 11) is -10.7. The number of carbonyl (C=O) groups is 1. The van der Waals surface area contributed by atoms with E-state index in [1.54, 1.807) is 0 Å². The van der Waals surface area contributed by atoms with E-state index in [4.69, 9.17) is 19.6 Å². The molecule has 0 aromatic carbocycles. The van der Waals surface area contributed by atoms with Crippen LogP contribution in [-0.4, -0.2) is 30.6 Å². The lowest BCUT2D eigenvalue weighted by Gasteiger charge is -2.29. The fourth-order valence-electron chi connectivity index (χ4n) is 0.521. The van der Waals surface area contributed by atoms with Gasteiger partial charge in [0.2, 0.25) is 0 Å². The molecule has 8 nitrogen and oxygen atoms in total. The Balaban J connectivity index is 5.44. The van der Waals surface area contributed by atoms with Gasteiger partial charge in [-0.25, -0.2) is 4.79 Å². The van der Waals surface area contributed by atoms with E-state index in [9.17, 15) is 13.9 Å². The Kier molecular flexibility index (Phi) is 4.04. The van der Waals surface area contributed by atoms with Crippen LogP contribution in [0.25, 0.3) is 0 Å². The second-order valence-corrected chi connectivity index (χ2v) is 6.88. The van der Waals surface area contributed by atoms with Crippen LogP contribution in [-0.2, 0) is 18.7 Å². The van der Waals surface area contributed by atoms with Gasteiger partial charge in [-0.2, -0.15) is 0 Å². The highest BCUT2D eigenvalue weighted by molar-refractivity contribution is 7.72. The summed E-state index contributed by atoms with van der Waals surface area (Å²) in [4.78, 5) is 45.6. The van der Waals surface area contributed by atoms with Crippen LogP contribution in [0, 0.1) is 0 Å². The SMILES string of the molecule is C=CC(=O)OC(C)(P(=O)(O)O)P(=O)(O)O. The molecule has 0 fully saturated rings. The summed E-state index contributed by atoms with van der Waals surface area (Å²) in [5, 5.41) is -3.19. The average molecular weight is 260 g/mol. The van der Waals surface area contributed by atoms with Crippen molar-refractivity contribution in [2.24, 2.45) is 0 Å². The minimum Gasteiger partial charge on any atom is -0.430 e. The molecule has 0 saturated heterocycles. The van der Waals surface area contributed by atoms with E-state index in [-0.39, 0.29) is 0 Å². The van der Waals surface area contributed by atoms with E-state index >= 15 is 0 Å². The number of carbonyl (C=O) groups excluding carboxylic acids is 1. The third kappa shape index (κ3) is 2.98. The molecular weight excluding hydrogens is 250 g/mol. The normalized spacial score (nSPS) is 13.4. The molecule has 0 saturated carbocycles. The van der Waals surface area contributed by atoms with E-state index in [2.05, 4.69) is 11.3 Å². The molecule has 0 aliphatic heterocycles. The number of esters is 1. The standard InChI is InChI=1S/C5H10O8P2/c1-3-4(6)13-5(2,14(7,8)9)15(10,11)12/h3H,1H2,2H3,(H2,7,8,9)(H2,10,11,12). The van der Waals surface area contributed by atoms with Crippen molar-refractivity contribution >= 4 is 21.2 Å². The van der Waals surface area contributed by atoms with Crippen molar-refractivity contribution in [2.75, 3.05) is 0 Å². The van der Waals surface area contributed by atoms with Crippen molar-refractivity contribution in [3.63, 3.8) is 0 Å². The first kappa shape index (κ1) is 14.5. The van der Waals surface area contributed by atoms with Crippen LogP contribution in [0.3, 0.4) is 0 Å². The van der Waals surface area contributed by atoms with Crippen molar-refractivity contribution in [1.29, 1.82) is 0 Å². The molecule has 0 aromatic rings. The van der Waals surface area contributed by atoms with Gasteiger partial charge in [-0.05, 0) is 6.92 Å². The van der Waals surface area contributed by atoms with Gasteiger partial charge in [0.1, 0.15) is 0 Å². The van der Waals surface area contributed by atoms with Crippen molar-refractivity contribution in [3.8, 4) is 0 Å². The number of hydrogen-bond donors (Lipinski definition) is 4. The van der Waals surface area contributed by atoms with Crippen LogP contribution in [0.15, 0.2) is 12.7 Å². The van der Waals surface area contributed by atoms with Crippen molar-refractivity contribution in [3.05, 3.63) is 12.7 Å². The second-order valence-electron chi connectivity index (χ2n) is 2.65. The molecular formula is C5H10O8P2. The van der Waals surface area contributed by atoms with Gasteiger partial charge in [0, 0.05) is 6.08 Å². The Morgan fingerprint density at radius 2 is 1.60 bits per heavy atom. The summed E-state index contributed by atoms with van der Waals surface area (Å²) in [6, 6.07) is 0. The zero-order chi connectivity index (χ0) is 12.5. The molecule has 0 atom stereocenters. The molecule has 0 aromatic heterocycles. The predicted octanol–water partition coefficient (Wildman–Crippen LogP) is -0.255. The van der Waals surface area contributed by atoms with Crippen LogP contribution in [0.5, 0.6) is 0 Å². The van der Waals surface area contributed by atoms with E-state index in [1.165, 1.54) is 0 Å². The Bertz CT molecular complexity index is 339.